The summed E-state index contributed by atoms with van der Waals surface area (Å²) in [5.74, 6) is 4.92. The van der Waals surface area contributed by atoms with Crippen LogP contribution in [0.5, 0.6) is 0 Å². The van der Waals surface area contributed by atoms with Crippen LogP contribution in [-0.4, -0.2) is 34.7 Å². The summed E-state index contributed by atoms with van der Waals surface area (Å²) < 4.78 is 0. The van der Waals surface area contributed by atoms with Crippen LogP contribution in [0.1, 0.15) is 19.3 Å². The summed E-state index contributed by atoms with van der Waals surface area (Å²) in [6.07, 6.45) is 0.899. The van der Waals surface area contributed by atoms with E-state index in [1.807, 2.05) is 0 Å². The van der Waals surface area contributed by atoms with Crippen molar-refractivity contribution in [2.45, 2.75) is 25.3 Å². The molecule has 0 aromatic rings. The number of carbonyl (C=O) groups is 2. The second-order valence-electron chi connectivity index (χ2n) is 2.99. The van der Waals surface area contributed by atoms with Gasteiger partial charge in [-0.2, -0.15) is 0 Å². The van der Waals surface area contributed by atoms with E-state index in [1.54, 1.807) is 0 Å². The van der Waals surface area contributed by atoms with E-state index in [0.29, 0.717) is 18.0 Å². The predicted molar refractivity (Wildman–Crippen MR) is 44.7 cm³/mol. The molecule has 1 fully saturated rings. The summed E-state index contributed by atoms with van der Waals surface area (Å²) in [5.41, 5.74) is 0. The van der Waals surface area contributed by atoms with Crippen molar-refractivity contribution in [3.63, 3.8) is 0 Å². The van der Waals surface area contributed by atoms with Crippen molar-refractivity contribution in [1.29, 1.82) is 0 Å². The van der Waals surface area contributed by atoms with Crippen molar-refractivity contribution in [3.8, 4) is 0 Å². The maximum Gasteiger partial charge on any atom is 0.422 e. The molecule has 74 valence electrons. The SMILES string of the molecule is NN(C(=O)O)[C@@H]1CCCCNC1=O. The highest BCUT2D eigenvalue weighted by atomic mass is 16.4. The lowest BCUT2D eigenvalue weighted by atomic mass is 10.1. The van der Waals surface area contributed by atoms with Gasteiger partial charge in [0.25, 0.3) is 0 Å². The molecule has 0 unspecified atom stereocenters. The van der Waals surface area contributed by atoms with Crippen molar-refractivity contribution in [3.05, 3.63) is 0 Å². The highest BCUT2D eigenvalue weighted by molar-refractivity contribution is 5.85. The first-order valence-corrected chi connectivity index (χ1v) is 4.17. The summed E-state index contributed by atoms with van der Waals surface area (Å²) in [5, 5.41) is 11.7. The molecule has 6 nitrogen and oxygen atoms in total. The average molecular weight is 187 g/mol. The van der Waals surface area contributed by atoms with Crippen LogP contribution in [0.2, 0.25) is 0 Å². The number of carboxylic acid groups (broad SMARTS) is 1. The lowest BCUT2D eigenvalue weighted by molar-refractivity contribution is -0.125. The molecule has 0 aliphatic carbocycles. The van der Waals surface area contributed by atoms with Gasteiger partial charge in [-0.3, -0.25) is 4.79 Å². The predicted octanol–water partition coefficient (Wildman–Crippen LogP) is -0.491. The summed E-state index contributed by atoms with van der Waals surface area (Å²) in [6.45, 7) is 0.600. The summed E-state index contributed by atoms with van der Waals surface area (Å²) in [7, 11) is 0. The molecule has 1 saturated heterocycles. The van der Waals surface area contributed by atoms with Crippen LogP contribution in [0.3, 0.4) is 0 Å². The number of amides is 2. The maximum absolute atomic E-state index is 11.3. The molecule has 1 atom stereocenters. The Morgan fingerprint density at radius 3 is 2.92 bits per heavy atom. The number of hydrogen-bond acceptors (Lipinski definition) is 3. The molecule has 0 saturated carbocycles. The molecule has 2 amide bonds. The van der Waals surface area contributed by atoms with Crippen molar-refractivity contribution in [2.24, 2.45) is 5.84 Å². The molecule has 1 rings (SSSR count). The van der Waals surface area contributed by atoms with E-state index in [2.05, 4.69) is 5.32 Å². The van der Waals surface area contributed by atoms with Gasteiger partial charge in [-0.05, 0) is 19.3 Å². The van der Waals surface area contributed by atoms with E-state index < -0.39 is 12.1 Å². The molecule has 13 heavy (non-hydrogen) atoms. The molecule has 1 aliphatic rings. The lowest BCUT2D eigenvalue weighted by Crippen LogP contribution is -2.51. The highest BCUT2D eigenvalue weighted by Gasteiger charge is 2.28. The minimum atomic E-state index is -1.28. The molecule has 0 aromatic carbocycles. The fourth-order valence-corrected chi connectivity index (χ4v) is 1.32. The van der Waals surface area contributed by atoms with E-state index in [4.69, 9.17) is 10.9 Å². The molecule has 0 radical (unpaired) electrons. The summed E-state index contributed by atoms with van der Waals surface area (Å²) >= 11 is 0. The molecule has 0 bridgehead atoms. The lowest BCUT2D eigenvalue weighted by Gasteiger charge is -2.21. The van der Waals surface area contributed by atoms with Crippen LogP contribution in [-0.2, 0) is 4.79 Å². The molecular formula is C7H13N3O3. The van der Waals surface area contributed by atoms with Gasteiger partial charge in [0.05, 0.1) is 0 Å². The molecule has 0 spiro atoms. The number of hydrogen-bond donors (Lipinski definition) is 3. The Labute approximate surface area is 75.7 Å². The molecule has 1 heterocycles. The van der Waals surface area contributed by atoms with Crippen molar-refractivity contribution in [1.82, 2.24) is 10.3 Å². The zero-order valence-corrected chi connectivity index (χ0v) is 7.19. The number of hydrazine groups is 1. The topological polar surface area (TPSA) is 95.7 Å². The fourth-order valence-electron chi connectivity index (χ4n) is 1.32. The van der Waals surface area contributed by atoms with Gasteiger partial charge in [0.2, 0.25) is 5.91 Å². The zero-order chi connectivity index (χ0) is 9.84. The zero-order valence-electron chi connectivity index (χ0n) is 7.19. The normalized spacial score (nSPS) is 23.2. The number of rotatable bonds is 1. The molecule has 0 aromatic heterocycles. The minimum absolute atomic E-state index is 0.303. The number of nitrogens with zero attached hydrogens (tertiary/aromatic N) is 1. The van der Waals surface area contributed by atoms with E-state index in [0.717, 1.165) is 12.8 Å². The molecular weight excluding hydrogens is 174 g/mol. The quantitative estimate of drug-likeness (QED) is 0.293. The Morgan fingerprint density at radius 2 is 2.31 bits per heavy atom. The first-order chi connectivity index (χ1) is 6.13. The van der Waals surface area contributed by atoms with Crippen LogP contribution < -0.4 is 11.2 Å². The Bertz CT molecular complexity index is 219. The Kier molecular flexibility index (Phi) is 3.07. The van der Waals surface area contributed by atoms with E-state index >= 15 is 0 Å². The third-order valence-electron chi connectivity index (χ3n) is 2.06. The van der Waals surface area contributed by atoms with Gasteiger partial charge >= 0.3 is 6.09 Å². The van der Waals surface area contributed by atoms with E-state index in [1.165, 1.54) is 0 Å². The average Bonchev–Trinajstić information content (AvgIpc) is 2.28. The standard InChI is InChI=1S/C7H13N3O3/c8-10(7(12)13)5-3-1-2-4-9-6(5)11/h5H,1-4,8H2,(H,9,11)(H,12,13)/t5-/m1/s1. The Morgan fingerprint density at radius 1 is 1.62 bits per heavy atom. The molecule has 4 N–H and O–H groups in total. The first kappa shape index (κ1) is 9.79. The number of nitrogens with one attached hydrogen (secondary N) is 1. The second-order valence-corrected chi connectivity index (χ2v) is 2.99. The van der Waals surface area contributed by atoms with Gasteiger partial charge in [0.1, 0.15) is 6.04 Å². The maximum atomic E-state index is 11.3. The van der Waals surface area contributed by atoms with Gasteiger partial charge in [0, 0.05) is 6.54 Å². The highest BCUT2D eigenvalue weighted by Crippen LogP contribution is 2.09. The van der Waals surface area contributed by atoms with Crippen molar-refractivity contribution < 1.29 is 14.7 Å². The van der Waals surface area contributed by atoms with Crippen molar-refractivity contribution >= 4 is 12.0 Å². The second kappa shape index (κ2) is 4.08. The fraction of sp³-hybridized carbons (Fsp3) is 0.714. The van der Waals surface area contributed by atoms with Gasteiger partial charge in [-0.25, -0.2) is 15.6 Å². The van der Waals surface area contributed by atoms with E-state index in [9.17, 15) is 9.59 Å². The largest absolute Gasteiger partial charge is 0.464 e. The molecule has 6 heteroatoms. The van der Waals surface area contributed by atoms with Crippen LogP contribution in [0, 0.1) is 0 Å². The summed E-state index contributed by atoms with van der Waals surface area (Å²) in [4.78, 5) is 21.7. The Balaban J connectivity index is 2.64. The van der Waals surface area contributed by atoms with Gasteiger partial charge in [-0.1, -0.05) is 0 Å². The van der Waals surface area contributed by atoms with Crippen LogP contribution >= 0.6 is 0 Å². The number of carbonyl (C=O) groups excluding carboxylic acids is 1. The first-order valence-electron chi connectivity index (χ1n) is 4.17. The van der Waals surface area contributed by atoms with Crippen molar-refractivity contribution in [2.75, 3.05) is 6.54 Å². The van der Waals surface area contributed by atoms with Gasteiger partial charge < -0.3 is 10.4 Å². The van der Waals surface area contributed by atoms with Crippen LogP contribution in [0.15, 0.2) is 0 Å². The van der Waals surface area contributed by atoms with Gasteiger partial charge in [-0.15, -0.1) is 0 Å². The Hall–Kier alpha value is -1.30. The van der Waals surface area contributed by atoms with Gasteiger partial charge in [0.15, 0.2) is 0 Å². The van der Waals surface area contributed by atoms with Crippen LogP contribution in [0.25, 0.3) is 0 Å². The van der Waals surface area contributed by atoms with E-state index in [-0.39, 0.29) is 5.91 Å². The third-order valence-corrected chi connectivity index (χ3v) is 2.06. The van der Waals surface area contributed by atoms with Crippen LogP contribution in [0.4, 0.5) is 4.79 Å². The monoisotopic (exact) mass is 187 g/mol. The molecule has 1 aliphatic heterocycles. The number of nitrogens with two attached hydrogens (primary N) is 1. The summed E-state index contributed by atoms with van der Waals surface area (Å²) in [6, 6.07) is -0.736. The minimum Gasteiger partial charge on any atom is -0.464 e. The smallest absolute Gasteiger partial charge is 0.422 e. The third kappa shape index (κ3) is 2.32.